The summed E-state index contributed by atoms with van der Waals surface area (Å²) in [5.41, 5.74) is 14.6. The molecule has 0 saturated carbocycles. The van der Waals surface area contributed by atoms with Crippen molar-refractivity contribution in [1.82, 2.24) is 0 Å². The van der Waals surface area contributed by atoms with Crippen LogP contribution in [0.4, 0.5) is 0 Å². The molecule has 11 rings (SSSR count). The van der Waals surface area contributed by atoms with Gasteiger partial charge < -0.3 is 4.42 Å². The van der Waals surface area contributed by atoms with E-state index in [1.807, 2.05) is 0 Å². The Balaban J connectivity index is 1.06. The van der Waals surface area contributed by atoms with E-state index in [1.165, 1.54) is 98.7 Å². The largest absolute Gasteiger partial charge is 0.456 e. The SMILES string of the molecule is CC1(C)c2ccc(-c3ccc(-c4c5ccccc5c(-c5ccccc5)c5ccccc45)cc3)cc2-c2ccc3ccc4oc5ccccc5c4c3c21. The number of hydrogen-bond acceptors (Lipinski definition) is 1. The molecule has 0 unspecified atom stereocenters. The third-order valence-electron chi connectivity index (χ3n) is 11.6. The van der Waals surface area contributed by atoms with E-state index < -0.39 is 0 Å². The van der Waals surface area contributed by atoms with E-state index in [0.29, 0.717) is 0 Å². The van der Waals surface area contributed by atoms with Gasteiger partial charge in [0.15, 0.2) is 0 Å². The number of furan rings is 1. The zero-order valence-corrected chi connectivity index (χ0v) is 29.1. The van der Waals surface area contributed by atoms with Crippen molar-refractivity contribution in [3.8, 4) is 44.5 Å². The molecular weight excluding hydrogens is 629 g/mol. The lowest BCUT2D eigenvalue weighted by Crippen LogP contribution is -2.15. The van der Waals surface area contributed by atoms with E-state index in [4.69, 9.17) is 4.42 Å². The van der Waals surface area contributed by atoms with E-state index >= 15 is 0 Å². The smallest absolute Gasteiger partial charge is 0.136 e. The highest BCUT2D eigenvalue weighted by Gasteiger charge is 2.38. The summed E-state index contributed by atoms with van der Waals surface area (Å²) in [7, 11) is 0. The van der Waals surface area contributed by atoms with Crippen molar-refractivity contribution >= 4 is 54.3 Å². The second kappa shape index (κ2) is 10.8. The first kappa shape index (κ1) is 29.3. The summed E-state index contributed by atoms with van der Waals surface area (Å²) < 4.78 is 6.36. The summed E-state index contributed by atoms with van der Waals surface area (Å²) in [6, 6.07) is 62.3. The lowest BCUT2D eigenvalue weighted by molar-refractivity contribution is 0.665. The van der Waals surface area contributed by atoms with Gasteiger partial charge in [-0.1, -0.05) is 166 Å². The molecule has 1 nitrogen and oxygen atoms in total. The first-order chi connectivity index (χ1) is 25.6. The average molecular weight is 663 g/mol. The zero-order chi connectivity index (χ0) is 34.6. The molecule has 9 aromatic carbocycles. The normalized spacial score (nSPS) is 13.3. The Labute approximate surface area is 302 Å². The lowest BCUT2D eigenvalue weighted by Gasteiger charge is -2.23. The fourth-order valence-electron chi connectivity index (χ4n) is 9.32. The molecule has 0 fully saturated rings. The van der Waals surface area contributed by atoms with Crippen LogP contribution in [0, 0.1) is 0 Å². The zero-order valence-electron chi connectivity index (χ0n) is 29.1. The highest BCUT2D eigenvalue weighted by molar-refractivity contribution is 6.23. The molecule has 1 heteroatoms. The molecular formula is C51H34O. The lowest BCUT2D eigenvalue weighted by atomic mass is 9.79. The van der Waals surface area contributed by atoms with E-state index in [9.17, 15) is 0 Å². The van der Waals surface area contributed by atoms with Gasteiger partial charge in [0.05, 0.1) is 0 Å². The number of para-hydroxylation sites is 1. The number of hydrogen-bond donors (Lipinski definition) is 0. The minimum Gasteiger partial charge on any atom is -0.456 e. The number of rotatable bonds is 3. The standard InChI is InChI=1S/C51H34O/c1-51(2)43-28-25-35(30-42(43)40-27-24-34-26-29-45-49(48(34)50(40)51)41-18-10-11-19-44(41)52-45)31-20-22-33(23-21-31)47-38-16-8-6-14-36(38)46(32-12-4-3-5-13-32)37-15-7-9-17-39(37)47/h3-30H,1-2H3. The first-order valence-corrected chi connectivity index (χ1v) is 18.2. The molecule has 0 atom stereocenters. The third-order valence-corrected chi connectivity index (χ3v) is 11.6. The maximum absolute atomic E-state index is 6.36. The number of fused-ring (bicyclic) bond motifs is 11. The van der Waals surface area contributed by atoms with Crippen LogP contribution < -0.4 is 0 Å². The molecule has 1 aromatic heterocycles. The quantitative estimate of drug-likeness (QED) is 0.172. The molecule has 0 bridgehead atoms. The van der Waals surface area contributed by atoms with Crippen molar-refractivity contribution < 1.29 is 4.42 Å². The van der Waals surface area contributed by atoms with Gasteiger partial charge in [-0.15, -0.1) is 0 Å². The van der Waals surface area contributed by atoms with Gasteiger partial charge in [-0.25, -0.2) is 0 Å². The van der Waals surface area contributed by atoms with Crippen molar-refractivity contribution in [2.75, 3.05) is 0 Å². The van der Waals surface area contributed by atoms with Crippen molar-refractivity contribution in [2.24, 2.45) is 0 Å². The van der Waals surface area contributed by atoms with Crippen LogP contribution in [0.3, 0.4) is 0 Å². The molecule has 1 aliphatic rings. The van der Waals surface area contributed by atoms with Crippen molar-refractivity contribution in [3.05, 3.63) is 181 Å². The van der Waals surface area contributed by atoms with E-state index in [1.54, 1.807) is 0 Å². The van der Waals surface area contributed by atoms with Crippen molar-refractivity contribution in [3.63, 3.8) is 0 Å². The Kier molecular flexibility index (Phi) is 6.08. The van der Waals surface area contributed by atoms with Crippen LogP contribution >= 0.6 is 0 Å². The minimum absolute atomic E-state index is 0.159. The van der Waals surface area contributed by atoms with Gasteiger partial charge in [0.25, 0.3) is 0 Å². The van der Waals surface area contributed by atoms with Crippen molar-refractivity contribution in [1.29, 1.82) is 0 Å². The predicted octanol–water partition coefficient (Wildman–Crippen LogP) is 14.4. The molecule has 0 saturated heterocycles. The molecule has 10 aromatic rings. The van der Waals surface area contributed by atoms with Gasteiger partial charge in [0.2, 0.25) is 0 Å². The Morgan fingerprint density at radius 1 is 0.385 bits per heavy atom. The summed E-state index contributed by atoms with van der Waals surface area (Å²) in [6.45, 7) is 4.76. The molecule has 52 heavy (non-hydrogen) atoms. The summed E-state index contributed by atoms with van der Waals surface area (Å²) in [4.78, 5) is 0. The fourth-order valence-corrected chi connectivity index (χ4v) is 9.32. The second-order valence-corrected chi connectivity index (χ2v) is 14.8. The summed E-state index contributed by atoms with van der Waals surface area (Å²) in [5.74, 6) is 0. The molecule has 0 spiro atoms. The summed E-state index contributed by atoms with van der Waals surface area (Å²) in [6.07, 6.45) is 0. The Hall–Kier alpha value is -6.44. The van der Waals surface area contributed by atoms with Crippen LogP contribution in [0.25, 0.3) is 98.8 Å². The van der Waals surface area contributed by atoms with Gasteiger partial charge in [-0.2, -0.15) is 0 Å². The van der Waals surface area contributed by atoms with E-state index in [-0.39, 0.29) is 5.41 Å². The molecule has 244 valence electrons. The summed E-state index contributed by atoms with van der Waals surface area (Å²) in [5, 5.41) is 10.1. The van der Waals surface area contributed by atoms with Crippen LogP contribution in [0.2, 0.25) is 0 Å². The Morgan fingerprint density at radius 3 is 1.60 bits per heavy atom. The van der Waals surface area contributed by atoms with Gasteiger partial charge in [-0.05, 0) is 106 Å². The first-order valence-electron chi connectivity index (χ1n) is 18.2. The molecule has 0 N–H and O–H groups in total. The maximum atomic E-state index is 6.36. The monoisotopic (exact) mass is 662 g/mol. The predicted molar refractivity (Wildman–Crippen MR) is 220 cm³/mol. The Bertz CT molecular complexity index is 3010. The molecule has 1 aliphatic carbocycles. The van der Waals surface area contributed by atoms with Crippen molar-refractivity contribution in [2.45, 2.75) is 19.3 Å². The third kappa shape index (κ3) is 4.05. The molecule has 0 amide bonds. The highest BCUT2D eigenvalue weighted by Crippen LogP contribution is 2.54. The summed E-state index contributed by atoms with van der Waals surface area (Å²) >= 11 is 0. The number of benzene rings is 9. The minimum atomic E-state index is -0.159. The fraction of sp³-hybridized carbons (Fsp3) is 0.0588. The van der Waals surface area contributed by atoms with Gasteiger partial charge >= 0.3 is 0 Å². The van der Waals surface area contributed by atoms with Crippen LogP contribution in [0.5, 0.6) is 0 Å². The molecule has 0 aliphatic heterocycles. The van der Waals surface area contributed by atoms with Crippen LogP contribution in [0.1, 0.15) is 25.0 Å². The highest BCUT2D eigenvalue weighted by atomic mass is 16.3. The average Bonchev–Trinajstić information content (AvgIpc) is 3.69. The van der Waals surface area contributed by atoms with Crippen LogP contribution in [0.15, 0.2) is 174 Å². The second-order valence-electron chi connectivity index (χ2n) is 14.8. The van der Waals surface area contributed by atoms with Gasteiger partial charge in [0.1, 0.15) is 11.2 Å². The van der Waals surface area contributed by atoms with Crippen LogP contribution in [-0.4, -0.2) is 0 Å². The van der Waals surface area contributed by atoms with Gasteiger partial charge in [-0.3, -0.25) is 0 Å². The van der Waals surface area contributed by atoms with Gasteiger partial charge in [0, 0.05) is 16.2 Å². The van der Waals surface area contributed by atoms with Crippen LogP contribution in [-0.2, 0) is 5.41 Å². The van der Waals surface area contributed by atoms with E-state index in [2.05, 4.69) is 184 Å². The molecule has 0 radical (unpaired) electrons. The molecule has 1 heterocycles. The Morgan fingerprint density at radius 2 is 0.923 bits per heavy atom. The maximum Gasteiger partial charge on any atom is 0.136 e. The van der Waals surface area contributed by atoms with E-state index in [0.717, 1.165) is 11.2 Å². The topological polar surface area (TPSA) is 13.1 Å².